The molecule has 1 atom stereocenters. The molecule has 0 saturated heterocycles. The van der Waals surface area contributed by atoms with Gasteiger partial charge in [0, 0.05) is 19.0 Å². The molecule has 0 saturated carbocycles. The molecule has 0 aromatic carbocycles. The van der Waals surface area contributed by atoms with Gasteiger partial charge in [0.25, 0.3) is 5.56 Å². The first-order valence-electron chi connectivity index (χ1n) is 8.69. The van der Waals surface area contributed by atoms with Gasteiger partial charge in [-0.25, -0.2) is 9.78 Å². The molecule has 2 N–H and O–H groups in total. The number of thioether (sulfide) groups is 1. The fourth-order valence-electron chi connectivity index (χ4n) is 3.02. The number of nitrogens with one attached hydrogen (secondary N) is 2. The molecule has 10 heteroatoms. The molecule has 146 valence electrons. The van der Waals surface area contributed by atoms with E-state index in [4.69, 9.17) is 4.74 Å². The number of amides is 3. The van der Waals surface area contributed by atoms with Crippen LogP contribution < -0.4 is 16.2 Å². The first-order chi connectivity index (χ1) is 13.0. The highest BCUT2D eigenvalue weighted by molar-refractivity contribution is 8.00. The van der Waals surface area contributed by atoms with Gasteiger partial charge in [0.15, 0.2) is 5.16 Å². The molecule has 2 heterocycles. The van der Waals surface area contributed by atoms with Crippen molar-refractivity contribution in [2.24, 2.45) is 0 Å². The van der Waals surface area contributed by atoms with Crippen molar-refractivity contribution in [3.8, 4) is 0 Å². The largest absolute Gasteiger partial charge is 0.383 e. The number of thiophene rings is 1. The highest BCUT2D eigenvalue weighted by atomic mass is 32.2. The molecule has 3 rings (SSSR count). The number of hydrogen-bond acceptors (Lipinski definition) is 7. The summed E-state index contributed by atoms with van der Waals surface area (Å²) in [5.74, 6) is -0.444. The lowest BCUT2D eigenvalue weighted by Gasteiger charge is -2.15. The molecule has 0 unspecified atom stereocenters. The van der Waals surface area contributed by atoms with Crippen molar-refractivity contribution < 1.29 is 14.3 Å². The molecule has 0 aliphatic heterocycles. The standard InChI is InChI=1S/C17H22N4O4S2/c1-9(13(22)19-16(24)18-2)26-17-20-14-12(10-5-4-6-11(10)27-14)15(23)21(17)7-8-25-3/h9H,4-8H2,1-3H3,(H2,18,19,22,24)/t9-/m1/s1. The Labute approximate surface area is 164 Å². The van der Waals surface area contributed by atoms with Gasteiger partial charge in [-0.1, -0.05) is 11.8 Å². The van der Waals surface area contributed by atoms with Crippen LogP contribution in [0.1, 0.15) is 23.8 Å². The van der Waals surface area contributed by atoms with E-state index in [1.807, 2.05) is 0 Å². The van der Waals surface area contributed by atoms with E-state index in [0.717, 1.165) is 41.4 Å². The second-order valence-electron chi connectivity index (χ2n) is 6.21. The Balaban J connectivity index is 1.97. The van der Waals surface area contributed by atoms with Crippen molar-refractivity contribution in [1.29, 1.82) is 0 Å². The molecule has 0 bridgehead atoms. The molecule has 1 aliphatic carbocycles. The number of carbonyl (C=O) groups excluding carboxylic acids is 2. The second kappa shape index (κ2) is 8.41. The molecule has 3 amide bonds. The minimum atomic E-state index is -0.591. The summed E-state index contributed by atoms with van der Waals surface area (Å²) >= 11 is 2.73. The maximum atomic E-state index is 13.1. The van der Waals surface area contributed by atoms with E-state index in [1.165, 1.54) is 11.9 Å². The van der Waals surface area contributed by atoms with Crippen molar-refractivity contribution >= 4 is 45.3 Å². The number of nitrogens with zero attached hydrogens (tertiary/aromatic N) is 2. The van der Waals surface area contributed by atoms with E-state index in [1.54, 1.807) is 29.9 Å². The Kier molecular flexibility index (Phi) is 6.18. The summed E-state index contributed by atoms with van der Waals surface area (Å²) in [7, 11) is 3.01. The van der Waals surface area contributed by atoms with Gasteiger partial charge in [-0.05, 0) is 31.7 Å². The van der Waals surface area contributed by atoms with Crippen LogP contribution in [0.4, 0.5) is 4.79 Å². The van der Waals surface area contributed by atoms with Gasteiger partial charge in [-0.2, -0.15) is 0 Å². The van der Waals surface area contributed by atoms with E-state index in [-0.39, 0.29) is 5.56 Å². The van der Waals surface area contributed by atoms with E-state index < -0.39 is 17.2 Å². The van der Waals surface area contributed by atoms with E-state index in [2.05, 4.69) is 15.6 Å². The monoisotopic (exact) mass is 410 g/mol. The van der Waals surface area contributed by atoms with Gasteiger partial charge >= 0.3 is 6.03 Å². The number of ether oxygens (including phenoxy) is 1. The van der Waals surface area contributed by atoms with Crippen LogP contribution in [0.5, 0.6) is 0 Å². The van der Waals surface area contributed by atoms with Crippen LogP contribution in [0.15, 0.2) is 9.95 Å². The molecule has 27 heavy (non-hydrogen) atoms. The number of urea groups is 1. The van der Waals surface area contributed by atoms with E-state index >= 15 is 0 Å². The zero-order valence-corrected chi connectivity index (χ0v) is 17.1. The lowest BCUT2D eigenvalue weighted by molar-refractivity contribution is -0.119. The number of methoxy groups -OCH3 is 1. The SMILES string of the molecule is CNC(=O)NC(=O)[C@@H](C)Sc1nc2sc3c(c2c(=O)n1CCOC)CCC3. The van der Waals surface area contributed by atoms with Crippen molar-refractivity contribution in [3.63, 3.8) is 0 Å². The Morgan fingerprint density at radius 1 is 1.41 bits per heavy atom. The van der Waals surface area contributed by atoms with Crippen molar-refractivity contribution in [2.75, 3.05) is 20.8 Å². The summed E-state index contributed by atoms with van der Waals surface area (Å²) in [4.78, 5) is 43.3. The highest BCUT2D eigenvalue weighted by Gasteiger charge is 2.25. The number of imide groups is 1. The third kappa shape index (κ3) is 4.02. The molecule has 1 aliphatic rings. The van der Waals surface area contributed by atoms with Crippen LogP contribution >= 0.6 is 23.1 Å². The fourth-order valence-corrected chi connectivity index (χ4v) is 5.25. The van der Waals surface area contributed by atoms with Crippen LogP contribution in [-0.2, 0) is 28.9 Å². The predicted molar refractivity (Wildman–Crippen MR) is 106 cm³/mol. The number of aryl methyl sites for hydroxylation is 2. The van der Waals surface area contributed by atoms with Crippen LogP contribution in [0, 0.1) is 0 Å². The van der Waals surface area contributed by atoms with Crippen molar-refractivity contribution in [1.82, 2.24) is 20.2 Å². The van der Waals surface area contributed by atoms with Crippen LogP contribution in [0.2, 0.25) is 0 Å². The first-order valence-corrected chi connectivity index (χ1v) is 10.4. The van der Waals surface area contributed by atoms with Gasteiger partial charge in [0.1, 0.15) is 4.83 Å². The number of aromatic nitrogens is 2. The number of fused-ring (bicyclic) bond motifs is 3. The van der Waals surface area contributed by atoms with Crippen LogP contribution in [0.3, 0.4) is 0 Å². The second-order valence-corrected chi connectivity index (χ2v) is 8.60. The maximum absolute atomic E-state index is 13.1. The Hall–Kier alpha value is -1.91. The smallest absolute Gasteiger partial charge is 0.321 e. The molecule has 2 aromatic heterocycles. The van der Waals surface area contributed by atoms with Gasteiger partial charge in [0.05, 0.1) is 23.8 Å². The minimum absolute atomic E-state index is 0.0853. The molecular weight excluding hydrogens is 388 g/mol. The summed E-state index contributed by atoms with van der Waals surface area (Å²) in [6, 6.07) is -0.567. The topological polar surface area (TPSA) is 102 Å². The predicted octanol–water partition coefficient (Wildman–Crippen LogP) is 1.53. The van der Waals surface area contributed by atoms with E-state index in [9.17, 15) is 14.4 Å². The molecule has 0 spiro atoms. The minimum Gasteiger partial charge on any atom is -0.383 e. The molecule has 0 fully saturated rings. The highest BCUT2D eigenvalue weighted by Crippen LogP contribution is 2.36. The number of hydrogen-bond donors (Lipinski definition) is 2. The normalized spacial score (nSPS) is 14.2. The Morgan fingerprint density at radius 2 is 2.19 bits per heavy atom. The summed E-state index contributed by atoms with van der Waals surface area (Å²) < 4.78 is 6.71. The fraction of sp³-hybridized carbons (Fsp3) is 0.529. The third-order valence-corrected chi connectivity index (χ3v) is 6.70. The Morgan fingerprint density at radius 3 is 2.89 bits per heavy atom. The molecule has 0 radical (unpaired) electrons. The van der Waals surface area contributed by atoms with Gasteiger partial charge in [0.2, 0.25) is 5.91 Å². The maximum Gasteiger partial charge on any atom is 0.321 e. The number of rotatable bonds is 6. The average Bonchev–Trinajstić information content (AvgIpc) is 3.21. The lowest BCUT2D eigenvalue weighted by Crippen LogP contribution is -2.41. The summed E-state index contributed by atoms with van der Waals surface area (Å²) in [6.07, 6.45) is 2.97. The van der Waals surface area contributed by atoms with Crippen molar-refractivity contribution in [2.45, 2.75) is 43.1 Å². The molecule has 8 nitrogen and oxygen atoms in total. The summed E-state index contributed by atoms with van der Waals surface area (Å²) in [5.41, 5.74) is 1.04. The zero-order chi connectivity index (χ0) is 19.6. The molecular formula is C17H22N4O4S2. The third-order valence-electron chi connectivity index (χ3n) is 4.42. The van der Waals surface area contributed by atoms with Crippen LogP contribution in [-0.4, -0.2) is 47.5 Å². The molecule has 2 aromatic rings. The van der Waals surface area contributed by atoms with Crippen molar-refractivity contribution in [3.05, 3.63) is 20.8 Å². The summed E-state index contributed by atoms with van der Waals surface area (Å²) in [6.45, 7) is 2.40. The van der Waals surface area contributed by atoms with Gasteiger partial charge in [-0.3, -0.25) is 19.5 Å². The van der Waals surface area contributed by atoms with Crippen LogP contribution in [0.25, 0.3) is 10.2 Å². The lowest BCUT2D eigenvalue weighted by atomic mass is 10.2. The zero-order valence-electron chi connectivity index (χ0n) is 15.5. The van der Waals surface area contributed by atoms with Gasteiger partial charge in [-0.15, -0.1) is 11.3 Å². The Bertz CT molecular complexity index is 937. The quantitative estimate of drug-likeness (QED) is 0.553. The number of carbonyl (C=O) groups is 2. The van der Waals surface area contributed by atoms with E-state index in [0.29, 0.717) is 23.7 Å². The average molecular weight is 411 g/mol. The summed E-state index contributed by atoms with van der Waals surface area (Å²) in [5, 5.41) is 5.17. The first kappa shape index (κ1) is 19.8. The van der Waals surface area contributed by atoms with Gasteiger partial charge < -0.3 is 10.1 Å².